The molecular weight excluding hydrogens is 256 g/mol. The monoisotopic (exact) mass is 278 g/mol. The number of piperidine rings is 1. The Morgan fingerprint density at radius 1 is 1.60 bits per heavy atom. The van der Waals surface area contributed by atoms with Crippen LogP contribution in [-0.2, 0) is 0 Å². The lowest BCUT2D eigenvalue weighted by Gasteiger charge is -2.32. The Morgan fingerprint density at radius 2 is 2.35 bits per heavy atom. The van der Waals surface area contributed by atoms with Crippen LogP contribution in [0.25, 0.3) is 0 Å². The number of aromatic nitrogens is 1. The highest BCUT2D eigenvalue weighted by atomic mass is 16.6. The highest BCUT2D eigenvalue weighted by Gasteiger charge is 2.25. The molecule has 0 aliphatic carbocycles. The minimum atomic E-state index is -0.332. The molecule has 6 nitrogen and oxygen atoms in total. The van der Waals surface area contributed by atoms with Gasteiger partial charge in [0.1, 0.15) is 0 Å². The molecule has 1 aliphatic rings. The van der Waals surface area contributed by atoms with E-state index < -0.39 is 0 Å². The molecule has 110 valence electrons. The minimum Gasteiger partial charge on any atom is -0.354 e. The van der Waals surface area contributed by atoms with E-state index in [9.17, 15) is 10.1 Å². The Labute approximate surface area is 119 Å². The van der Waals surface area contributed by atoms with Crippen LogP contribution < -0.4 is 4.90 Å². The predicted octanol–water partition coefficient (Wildman–Crippen LogP) is 2.08. The highest BCUT2D eigenvalue weighted by molar-refractivity contribution is 5.61. The molecule has 1 aliphatic heterocycles. The Morgan fingerprint density at radius 3 is 3.00 bits per heavy atom. The van der Waals surface area contributed by atoms with E-state index >= 15 is 0 Å². The summed E-state index contributed by atoms with van der Waals surface area (Å²) in [6.45, 7) is 4.75. The van der Waals surface area contributed by atoms with Crippen LogP contribution in [0.1, 0.15) is 18.4 Å². The smallest absolute Gasteiger partial charge is 0.314 e. The molecule has 0 N–H and O–H groups in total. The Bertz CT molecular complexity index is 492. The standard InChI is InChI=1S/C14H22N4O2/c1-11-6-7-15-14(13(11)18(19)20)17(3)10-12-5-4-8-16(2)9-12/h6-7,12H,4-5,8-10H2,1-3H3. The number of pyridine rings is 1. The van der Waals surface area contributed by atoms with Crippen LogP contribution >= 0.6 is 0 Å². The molecule has 0 aromatic carbocycles. The summed E-state index contributed by atoms with van der Waals surface area (Å²) in [5, 5.41) is 11.2. The number of likely N-dealkylation sites (tertiary alicyclic amines) is 1. The van der Waals surface area contributed by atoms with Gasteiger partial charge in [-0.2, -0.15) is 0 Å². The van der Waals surface area contributed by atoms with E-state index in [2.05, 4.69) is 16.9 Å². The quantitative estimate of drug-likeness (QED) is 0.623. The molecule has 6 heteroatoms. The van der Waals surface area contributed by atoms with Crippen LogP contribution in [0.5, 0.6) is 0 Å². The van der Waals surface area contributed by atoms with E-state index in [-0.39, 0.29) is 10.6 Å². The zero-order valence-corrected chi connectivity index (χ0v) is 12.4. The fraction of sp³-hybridized carbons (Fsp3) is 0.643. The molecule has 0 saturated carbocycles. The van der Waals surface area contributed by atoms with Crippen LogP contribution in [0, 0.1) is 23.0 Å². The third kappa shape index (κ3) is 3.25. The average Bonchev–Trinajstić information content (AvgIpc) is 2.37. The van der Waals surface area contributed by atoms with Crippen LogP contribution in [0.4, 0.5) is 11.5 Å². The summed E-state index contributed by atoms with van der Waals surface area (Å²) < 4.78 is 0. The van der Waals surface area contributed by atoms with E-state index in [0.29, 0.717) is 17.3 Å². The first-order valence-electron chi connectivity index (χ1n) is 6.98. The van der Waals surface area contributed by atoms with Crippen molar-refractivity contribution >= 4 is 11.5 Å². The van der Waals surface area contributed by atoms with Crippen molar-refractivity contribution in [2.75, 3.05) is 38.6 Å². The van der Waals surface area contributed by atoms with Crippen molar-refractivity contribution in [1.82, 2.24) is 9.88 Å². The van der Waals surface area contributed by atoms with Crippen molar-refractivity contribution < 1.29 is 4.92 Å². The number of nitrogens with zero attached hydrogens (tertiary/aromatic N) is 4. The van der Waals surface area contributed by atoms with Crippen LogP contribution in [0.2, 0.25) is 0 Å². The van der Waals surface area contributed by atoms with E-state index in [1.165, 1.54) is 12.8 Å². The number of anilines is 1. The van der Waals surface area contributed by atoms with E-state index in [4.69, 9.17) is 0 Å². The number of nitro groups is 1. The predicted molar refractivity (Wildman–Crippen MR) is 79.1 cm³/mol. The van der Waals surface area contributed by atoms with Crippen LogP contribution in [0.15, 0.2) is 12.3 Å². The summed E-state index contributed by atoms with van der Waals surface area (Å²) >= 11 is 0. The summed E-state index contributed by atoms with van der Waals surface area (Å²) in [5.41, 5.74) is 0.784. The lowest BCUT2D eigenvalue weighted by molar-refractivity contribution is -0.384. The molecule has 1 atom stereocenters. The van der Waals surface area contributed by atoms with Gasteiger partial charge in [0.05, 0.1) is 4.92 Å². The third-order valence-corrected chi connectivity index (χ3v) is 3.90. The zero-order chi connectivity index (χ0) is 14.7. The van der Waals surface area contributed by atoms with Crippen molar-refractivity contribution in [3.05, 3.63) is 27.9 Å². The molecule has 20 heavy (non-hydrogen) atoms. The van der Waals surface area contributed by atoms with E-state index in [1.54, 1.807) is 19.2 Å². The Hall–Kier alpha value is -1.69. The van der Waals surface area contributed by atoms with Crippen molar-refractivity contribution in [3.63, 3.8) is 0 Å². The largest absolute Gasteiger partial charge is 0.354 e. The van der Waals surface area contributed by atoms with Gasteiger partial charge in [-0.1, -0.05) is 0 Å². The summed E-state index contributed by atoms with van der Waals surface area (Å²) in [6.07, 6.45) is 4.01. The van der Waals surface area contributed by atoms with Gasteiger partial charge in [0.2, 0.25) is 5.82 Å². The third-order valence-electron chi connectivity index (χ3n) is 3.90. The maximum atomic E-state index is 11.2. The molecule has 1 fully saturated rings. The normalized spacial score (nSPS) is 19.9. The first kappa shape index (κ1) is 14.7. The molecular formula is C14H22N4O2. The second-order valence-corrected chi connectivity index (χ2v) is 5.71. The molecule has 1 unspecified atom stereocenters. The molecule has 1 aromatic rings. The minimum absolute atomic E-state index is 0.124. The Balaban J connectivity index is 2.14. The fourth-order valence-corrected chi connectivity index (χ4v) is 2.94. The van der Waals surface area contributed by atoms with Gasteiger partial charge in [0.25, 0.3) is 0 Å². The van der Waals surface area contributed by atoms with Gasteiger partial charge in [-0.3, -0.25) is 10.1 Å². The molecule has 2 heterocycles. The van der Waals surface area contributed by atoms with Crippen LogP contribution in [-0.4, -0.2) is 48.5 Å². The zero-order valence-electron chi connectivity index (χ0n) is 12.4. The van der Waals surface area contributed by atoms with Crippen molar-refractivity contribution in [1.29, 1.82) is 0 Å². The van der Waals surface area contributed by atoms with Gasteiger partial charge in [0.15, 0.2) is 0 Å². The first-order valence-corrected chi connectivity index (χ1v) is 6.98. The summed E-state index contributed by atoms with van der Waals surface area (Å²) in [7, 11) is 4.02. The van der Waals surface area contributed by atoms with Crippen molar-refractivity contribution in [2.24, 2.45) is 5.92 Å². The van der Waals surface area contributed by atoms with Crippen molar-refractivity contribution in [2.45, 2.75) is 19.8 Å². The second kappa shape index (κ2) is 6.17. The van der Waals surface area contributed by atoms with Gasteiger partial charge in [-0.25, -0.2) is 4.98 Å². The van der Waals surface area contributed by atoms with Gasteiger partial charge in [-0.15, -0.1) is 0 Å². The average molecular weight is 278 g/mol. The van der Waals surface area contributed by atoms with Crippen LogP contribution in [0.3, 0.4) is 0 Å². The number of aryl methyl sites for hydroxylation is 1. The van der Waals surface area contributed by atoms with Crippen molar-refractivity contribution in [3.8, 4) is 0 Å². The summed E-state index contributed by atoms with van der Waals surface area (Å²) in [5.74, 6) is 1.02. The number of hydrogen-bond acceptors (Lipinski definition) is 5. The van der Waals surface area contributed by atoms with Gasteiger partial charge in [0, 0.05) is 31.9 Å². The lowest BCUT2D eigenvalue weighted by atomic mass is 9.98. The molecule has 0 amide bonds. The fourth-order valence-electron chi connectivity index (χ4n) is 2.94. The molecule has 0 bridgehead atoms. The van der Waals surface area contributed by atoms with E-state index in [0.717, 1.165) is 19.6 Å². The maximum absolute atomic E-state index is 11.2. The van der Waals surface area contributed by atoms with Gasteiger partial charge >= 0.3 is 5.69 Å². The molecule has 2 rings (SSSR count). The molecule has 1 aromatic heterocycles. The number of hydrogen-bond donors (Lipinski definition) is 0. The number of rotatable bonds is 4. The summed E-state index contributed by atoms with van der Waals surface area (Å²) in [4.78, 5) is 19.4. The van der Waals surface area contributed by atoms with E-state index in [1.807, 2.05) is 11.9 Å². The maximum Gasteiger partial charge on any atom is 0.314 e. The topological polar surface area (TPSA) is 62.5 Å². The summed E-state index contributed by atoms with van der Waals surface area (Å²) in [6, 6.07) is 1.68. The SMILES string of the molecule is Cc1ccnc(N(C)CC2CCCN(C)C2)c1[N+](=O)[O-]. The Kier molecular flexibility index (Phi) is 4.54. The lowest BCUT2D eigenvalue weighted by Crippen LogP contribution is -2.38. The van der Waals surface area contributed by atoms with Gasteiger partial charge in [-0.05, 0) is 45.3 Å². The molecule has 0 spiro atoms. The molecule has 1 saturated heterocycles. The second-order valence-electron chi connectivity index (χ2n) is 5.71. The first-order chi connectivity index (χ1) is 9.49. The highest BCUT2D eigenvalue weighted by Crippen LogP contribution is 2.29. The van der Waals surface area contributed by atoms with Gasteiger partial charge < -0.3 is 9.80 Å². The molecule has 0 radical (unpaired) electrons.